The Kier molecular flexibility index (Phi) is 11.3. The van der Waals surface area contributed by atoms with E-state index < -0.39 is 12.1 Å². The van der Waals surface area contributed by atoms with Crippen molar-refractivity contribution in [2.75, 3.05) is 33.9 Å². The molecule has 0 saturated heterocycles. The summed E-state index contributed by atoms with van der Waals surface area (Å²) in [5.41, 5.74) is 0. The molecule has 0 atom stereocenters. The zero-order chi connectivity index (χ0) is 17.3. The van der Waals surface area contributed by atoms with Gasteiger partial charge < -0.3 is 20.7 Å². The Hall–Kier alpha value is -0.780. The van der Waals surface area contributed by atoms with Gasteiger partial charge in [0.25, 0.3) is 0 Å². The first-order valence-corrected chi connectivity index (χ1v) is 7.66. The molecular weight excluding hydrogens is 440 g/mol. The van der Waals surface area contributed by atoms with Crippen LogP contribution < -0.4 is 16.0 Å². The van der Waals surface area contributed by atoms with Gasteiger partial charge in [-0.25, -0.2) is 0 Å². The molecule has 1 rings (SSSR count). The maximum absolute atomic E-state index is 12.6. The van der Waals surface area contributed by atoms with Crippen LogP contribution in [0, 0.1) is 5.92 Å². The number of hydrogen-bond donors (Lipinski definition) is 3. The molecule has 3 N–H and O–H groups in total. The number of nitrogens with zero attached hydrogens (tertiary/aromatic N) is 1. The molecule has 1 amide bonds. The summed E-state index contributed by atoms with van der Waals surface area (Å²) in [4.78, 5) is 15.5. The number of methoxy groups -OCH3 is 1. The van der Waals surface area contributed by atoms with E-state index in [9.17, 15) is 18.0 Å². The molecule has 1 fully saturated rings. The number of nitrogens with one attached hydrogen (secondary N) is 3. The number of guanidine groups is 1. The fourth-order valence-electron chi connectivity index (χ4n) is 2.47. The molecule has 1 aliphatic carbocycles. The molecule has 24 heavy (non-hydrogen) atoms. The van der Waals surface area contributed by atoms with E-state index in [1.807, 2.05) is 0 Å². The van der Waals surface area contributed by atoms with Crippen LogP contribution in [0.2, 0.25) is 0 Å². The van der Waals surface area contributed by atoms with E-state index in [1.165, 1.54) is 0 Å². The van der Waals surface area contributed by atoms with Crippen LogP contribution >= 0.6 is 24.0 Å². The van der Waals surface area contributed by atoms with Crippen molar-refractivity contribution in [3.05, 3.63) is 0 Å². The first-order chi connectivity index (χ1) is 10.9. The Morgan fingerprint density at radius 3 is 2.33 bits per heavy atom. The number of aliphatic imine (C=N–C) groups is 1. The molecule has 142 valence electrons. The van der Waals surface area contributed by atoms with Gasteiger partial charge in [0.2, 0.25) is 5.91 Å². The summed E-state index contributed by atoms with van der Waals surface area (Å²) in [6.45, 7) is 0.896. The molecule has 0 unspecified atom stereocenters. The van der Waals surface area contributed by atoms with E-state index >= 15 is 0 Å². The van der Waals surface area contributed by atoms with Crippen LogP contribution in [0.3, 0.4) is 0 Å². The van der Waals surface area contributed by atoms with Gasteiger partial charge >= 0.3 is 6.18 Å². The summed E-state index contributed by atoms with van der Waals surface area (Å²) in [6, 6.07) is -0.0589. The highest BCUT2D eigenvalue weighted by Crippen LogP contribution is 2.37. The predicted octanol–water partition coefficient (Wildman–Crippen LogP) is 1.65. The maximum atomic E-state index is 12.6. The van der Waals surface area contributed by atoms with Gasteiger partial charge in [0.05, 0.1) is 19.1 Å². The standard InChI is InChI=1S/C14H25F3N4O2.HI/c1-18-13(20-9-12(22)19-7-8-23-2)21-11-5-3-10(4-6-11)14(15,16)17;/h10-11H,3-9H2,1-2H3,(H,19,22)(H2,18,20,21);1H. The molecule has 6 nitrogen and oxygen atoms in total. The van der Waals surface area contributed by atoms with E-state index in [0.29, 0.717) is 32.0 Å². The van der Waals surface area contributed by atoms with Crippen LogP contribution in [0.1, 0.15) is 25.7 Å². The lowest BCUT2D eigenvalue weighted by Crippen LogP contribution is -2.48. The average Bonchev–Trinajstić information content (AvgIpc) is 2.51. The van der Waals surface area contributed by atoms with E-state index in [1.54, 1.807) is 14.2 Å². The van der Waals surface area contributed by atoms with Crippen molar-refractivity contribution in [1.29, 1.82) is 0 Å². The molecule has 1 saturated carbocycles. The van der Waals surface area contributed by atoms with Crippen molar-refractivity contribution in [3.63, 3.8) is 0 Å². The number of alkyl halides is 3. The van der Waals surface area contributed by atoms with E-state index in [0.717, 1.165) is 0 Å². The smallest absolute Gasteiger partial charge is 0.383 e. The molecule has 0 bridgehead atoms. The van der Waals surface area contributed by atoms with Crippen LogP contribution in [-0.2, 0) is 9.53 Å². The number of hydrogen-bond acceptors (Lipinski definition) is 3. The minimum Gasteiger partial charge on any atom is -0.383 e. The lowest BCUT2D eigenvalue weighted by molar-refractivity contribution is -0.182. The zero-order valence-electron chi connectivity index (χ0n) is 13.9. The maximum Gasteiger partial charge on any atom is 0.391 e. The van der Waals surface area contributed by atoms with Crippen molar-refractivity contribution in [2.45, 2.75) is 37.9 Å². The number of carbonyl (C=O) groups excluding carboxylic acids is 1. The molecule has 10 heteroatoms. The third-order valence-corrected chi connectivity index (χ3v) is 3.80. The second-order valence-corrected chi connectivity index (χ2v) is 5.50. The van der Waals surface area contributed by atoms with E-state index in [2.05, 4.69) is 20.9 Å². The van der Waals surface area contributed by atoms with E-state index in [-0.39, 0.29) is 55.3 Å². The number of halogens is 4. The molecule has 1 aliphatic rings. The Morgan fingerprint density at radius 1 is 1.21 bits per heavy atom. The molecule has 0 radical (unpaired) electrons. The third-order valence-electron chi connectivity index (χ3n) is 3.80. The molecule has 0 aromatic rings. The van der Waals surface area contributed by atoms with Crippen LogP contribution in [0.25, 0.3) is 0 Å². The van der Waals surface area contributed by atoms with Crippen molar-refractivity contribution in [2.24, 2.45) is 10.9 Å². The largest absolute Gasteiger partial charge is 0.391 e. The van der Waals surface area contributed by atoms with E-state index in [4.69, 9.17) is 4.74 Å². The average molecular weight is 466 g/mol. The third kappa shape index (κ3) is 8.90. The van der Waals surface area contributed by atoms with Gasteiger partial charge in [-0.05, 0) is 25.7 Å². The minimum absolute atomic E-state index is 0. The van der Waals surface area contributed by atoms with Crippen LogP contribution in [-0.4, -0.2) is 57.9 Å². The van der Waals surface area contributed by atoms with Crippen molar-refractivity contribution >= 4 is 35.8 Å². The lowest BCUT2D eigenvalue weighted by Gasteiger charge is -2.31. The topological polar surface area (TPSA) is 74.8 Å². The summed E-state index contributed by atoms with van der Waals surface area (Å²) in [7, 11) is 3.10. The Morgan fingerprint density at radius 2 is 1.83 bits per heavy atom. The highest BCUT2D eigenvalue weighted by atomic mass is 127. The molecule has 0 aliphatic heterocycles. The SMILES string of the molecule is CN=C(NCC(=O)NCCOC)NC1CCC(C(F)(F)F)CC1.I. The molecule has 0 aromatic heterocycles. The van der Waals surface area contributed by atoms with Crippen LogP contribution in [0.5, 0.6) is 0 Å². The van der Waals surface area contributed by atoms with Crippen molar-refractivity contribution in [1.82, 2.24) is 16.0 Å². The summed E-state index contributed by atoms with van der Waals surface area (Å²) in [5, 5.41) is 8.57. The number of carbonyl (C=O) groups is 1. The monoisotopic (exact) mass is 466 g/mol. The molecular formula is C14H26F3IN4O2. The van der Waals surface area contributed by atoms with Gasteiger partial charge in [-0.1, -0.05) is 0 Å². The fraction of sp³-hybridized carbons (Fsp3) is 0.857. The van der Waals surface area contributed by atoms with Gasteiger partial charge in [-0.3, -0.25) is 9.79 Å². The fourth-order valence-corrected chi connectivity index (χ4v) is 2.47. The molecule has 0 aromatic carbocycles. The number of rotatable bonds is 6. The Balaban J connectivity index is 0.00000529. The zero-order valence-corrected chi connectivity index (χ0v) is 16.2. The van der Waals surface area contributed by atoms with Gasteiger partial charge in [-0.15, -0.1) is 24.0 Å². The Bertz CT molecular complexity index is 400. The van der Waals surface area contributed by atoms with Gasteiger partial charge in [0.1, 0.15) is 0 Å². The van der Waals surface area contributed by atoms with Crippen LogP contribution in [0.4, 0.5) is 13.2 Å². The summed E-state index contributed by atoms with van der Waals surface area (Å²) >= 11 is 0. The summed E-state index contributed by atoms with van der Waals surface area (Å²) in [6.07, 6.45) is -2.99. The van der Waals surface area contributed by atoms with Gasteiger partial charge in [0, 0.05) is 26.7 Å². The minimum atomic E-state index is -4.11. The summed E-state index contributed by atoms with van der Waals surface area (Å²) < 4.78 is 42.7. The lowest BCUT2D eigenvalue weighted by atomic mass is 9.85. The molecule has 0 heterocycles. The predicted molar refractivity (Wildman–Crippen MR) is 96.6 cm³/mol. The quantitative estimate of drug-likeness (QED) is 0.241. The second-order valence-electron chi connectivity index (χ2n) is 5.50. The number of ether oxygens (including phenoxy) is 1. The molecule has 0 spiro atoms. The first-order valence-electron chi connectivity index (χ1n) is 7.66. The van der Waals surface area contributed by atoms with Crippen LogP contribution in [0.15, 0.2) is 4.99 Å². The second kappa shape index (κ2) is 11.7. The first kappa shape index (κ1) is 23.2. The number of amides is 1. The normalized spacial score (nSPS) is 21.6. The van der Waals surface area contributed by atoms with Crippen molar-refractivity contribution in [3.8, 4) is 0 Å². The highest BCUT2D eigenvalue weighted by molar-refractivity contribution is 14.0. The van der Waals surface area contributed by atoms with Gasteiger partial charge in [-0.2, -0.15) is 13.2 Å². The van der Waals surface area contributed by atoms with Crippen molar-refractivity contribution < 1.29 is 22.7 Å². The highest BCUT2D eigenvalue weighted by Gasteiger charge is 2.41. The summed E-state index contributed by atoms with van der Waals surface area (Å²) in [5.74, 6) is -0.991. The van der Waals surface area contributed by atoms with Gasteiger partial charge in [0.15, 0.2) is 5.96 Å². The Labute approximate surface area is 157 Å².